The minimum Gasteiger partial charge on any atom is -0.272 e. The second-order valence-electron chi connectivity index (χ2n) is 7.99. The minimum atomic E-state index is 0.581. The standard InChI is InChI=1S/2C8H14N2.C7H12N2.2C2H6/c2*1-4-10-8(7(2)3)5-6-9-10;1-6(2)7-4-5-8-9(7)3;2*1-2/h2*5-7H,4H2,1-3H3;4-6H,1-3H3;2*1-2H3. The highest BCUT2D eigenvalue weighted by Gasteiger charge is 2.04. The maximum atomic E-state index is 4.17. The van der Waals surface area contributed by atoms with Crippen molar-refractivity contribution in [1.29, 1.82) is 0 Å². The molecule has 6 nitrogen and oxygen atoms in total. The van der Waals surface area contributed by atoms with Gasteiger partial charge in [0.2, 0.25) is 0 Å². The lowest BCUT2D eigenvalue weighted by atomic mass is 10.1. The summed E-state index contributed by atoms with van der Waals surface area (Å²) in [6.45, 7) is 27.2. The van der Waals surface area contributed by atoms with Gasteiger partial charge in [-0.25, -0.2) is 0 Å². The second kappa shape index (κ2) is 19.1. The van der Waals surface area contributed by atoms with Gasteiger partial charge in [0.05, 0.1) is 0 Å². The van der Waals surface area contributed by atoms with Crippen molar-refractivity contribution in [2.45, 2.75) is 114 Å². The summed E-state index contributed by atoms with van der Waals surface area (Å²) >= 11 is 0. The Morgan fingerprint density at radius 3 is 1.06 bits per heavy atom. The molecule has 33 heavy (non-hydrogen) atoms. The third kappa shape index (κ3) is 11.9. The minimum absolute atomic E-state index is 0.581. The topological polar surface area (TPSA) is 53.5 Å². The van der Waals surface area contributed by atoms with Crippen molar-refractivity contribution < 1.29 is 0 Å². The van der Waals surface area contributed by atoms with Gasteiger partial charge in [-0.3, -0.25) is 14.0 Å². The Hall–Kier alpha value is -2.37. The molecule has 3 aromatic heterocycles. The Morgan fingerprint density at radius 1 is 0.576 bits per heavy atom. The van der Waals surface area contributed by atoms with Gasteiger partial charge in [0.15, 0.2) is 0 Å². The van der Waals surface area contributed by atoms with Crippen LogP contribution in [0.3, 0.4) is 0 Å². The molecule has 190 valence electrons. The van der Waals surface area contributed by atoms with Gasteiger partial charge >= 0.3 is 0 Å². The van der Waals surface area contributed by atoms with Crippen LogP contribution in [0.25, 0.3) is 0 Å². The first kappa shape index (κ1) is 32.8. The lowest BCUT2D eigenvalue weighted by molar-refractivity contribution is 0.598. The van der Waals surface area contributed by atoms with Crippen LogP contribution in [-0.4, -0.2) is 29.3 Å². The Labute approximate surface area is 204 Å². The molecular weight excluding hydrogens is 408 g/mol. The van der Waals surface area contributed by atoms with Gasteiger partial charge in [0, 0.05) is 55.8 Å². The first-order chi connectivity index (χ1) is 15.7. The van der Waals surface area contributed by atoms with E-state index in [1.807, 2.05) is 73.4 Å². The van der Waals surface area contributed by atoms with E-state index in [0.29, 0.717) is 17.8 Å². The van der Waals surface area contributed by atoms with E-state index >= 15 is 0 Å². The van der Waals surface area contributed by atoms with E-state index in [9.17, 15) is 0 Å². The van der Waals surface area contributed by atoms with Crippen molar-refractivity contribution in [3.8, 4) is 0 Å². The third-order valence-electron chi connectivity index (χ3n) is 4.73. The number of rotatable bonds is 5. The number of aryl methyl sites for hydroxylation is 3. The Kier molecular flexibility index (Phi) is 19.0. The van der Waals surface area contributed by atoms with Crippen molar-refractivity contribution in [2.24, 2.45) is 7.05 Å². The smallest absolute Gasteiger partial charge is 0.0492 e. The average molecular weight is 461 g/mol. The predicted molar refractivity (Wildman–Crippen MR) is 144 cm³/mol. The number of nitrogens with zero attached hydrogens (tertiary/aromatic N) is 6. The molecule has 0 aliphatic rings. The lowest BCUT2D eigenvalue weighted by Gasteiger charge is -2.06. The van der Waals surface area contributed by atoms with Crippen LogP contribution in [0.5, 0.6) is 0 Å². The van der Waals surface area contributed by atoms with Crippen LogP contribution in [0.2, 0.25) is 0 Å². The van der Waals surface area contributed by atoms with Gasteiger partial charge in [-0.1, -0.05) is 69.2 Å². The largest absolute Gasteiger partial charge is 0.272 e. The predicted octanol–water partition coefficient (Wildman–Crippen LogP) is 7.65. The van der Waals surface area contributed by atoms with Gasteiger partial charge in [-0.2, -0.15) is 15.3 Å². The van der Waals surface area contributed by atoms with Crippen molar-refractivity contribution in [3.63, 3.8) is 0 Å². The molecule has 0 aromatic carbocycles. The normalized spacial score (nSPS) is 9.82. The summed E-state index contributed by atoms with van der Waals surface area (Å²) in [6.07, 6.45) is 5.55. The van der Waals surface area contributed by atoms with Crippen LogP contribution in [0.4, 0.5) is 0 Å². The van der Waals surface area contributed by atoms with E-state index in [-0.39, 0.29) is 0 Å². The van der Waals surface area contributed by atoms with Crippen molar-refractivity contribution in [1.82, 2.24) is 29.3 Å². The van der Waals surface area contributed by atoms with Crippen LogP contribution in [0, 0.1) is 0 Å². The molecule has 0 unspecified atom stereocenters. The number of hydrogen-bond acceptors (Lipinski definition) is 3. The van der Waals surface area contributed by atoms with Crippen LogP contribution in [0.1, 0.15) is 118 Å². The van der Waals surface area contributed by atoms with E-state index in [1.165, 1.54) is 17.1 Å². The molecular formula is C27H52N6. The number of aromatic nitrogens is 6. The van der Waals surface area contributed by atoms with Crippen LogP contribution < -0.4 is 0 Å². The van der Waals surface area contributed by atoms with E-state index in [4.69, 9.17) is 0 Å². The summed E-state index contributed by atoms with van der Waals surface area (Å²) < 4.78 is 5.97. The van der Waals surface area contributed by atoms with Crippen LogP contribution in [-0.2, 0) is 20.1 Å². The summed E-state index contributed by atoms with van der Waals surface area (Å²) in [4.78, 5) is 0. The van der Waals surface area contributed by atoms with E-state index in [2.05, 4.69) is 82.8 Å². The average Bonchev–Trinajstić information content (AvgIpc) is 3.57. The lowest BCUT2D eigenvalue weighted by Crippen LogP contribution is -2.03. The van der Waals surface area contributed by atoms with Gasteiger partial charge in [-0.05, 0) is 49.8 Å². The maximum absolute atomic E-state index is 4.17. The summed E-state index contributed by atoms with van der Waals surface area (Å²) in [5, 5.41) is 12.4. The maximum Gasteiger partial charge on any atom is 0.0492 e. The van der Waals surface area contributed by atoms with E-state index in [0.717, 1.165) is 13.1 Å². The van der Waals surface area contributed by atoms with E-state index in [1.54, 1.807) is 0 Å². The Morgan fingerprint density at radius 2 is 0.879 bits per heavy atom. The molecule has 0 amide bonds. The zero-order valence-corrected chi connectivity index (χ0v) is 23.8. The number of hydrogen-bond donors (Lipinski definition) is 0. The van der Waals surface area contributed by atoms with Gasteiger partial charge < -0.3 is 0 Å². The Balaban J connectivity index is 0. The Bertz CT molecular complexity index is 762. The summed E-state index contributed by atoms with van der Waals surface area (Å²) in [6, 6.07) is 6.20. The van der Waals surface area contributed by atoms with Crippen LogP contribution in [0.15, 0.2) is 36.8 Å². The summed E-state index contributed by atoms with van der Waals surface area (Å²) in [7, 11) is 1.97. The molecule has 0 spiro atoms. The molecule has 0 radical (unpaired) electrons. The molecule has 0 saturated carbocycles. The van der Waals surface area contributed by atoms with E-state index < -0.39 is 0 Å². The quantitative estimate of drug-likeness (QED) is 0.393. The highest BCUT2D eigenvalue weighted by atomic mass is 15.3. The highest BCUT2D eigenvalue weighted by molar-refractivity contribution is 5.06. The van der Waals surface area contributed by atoms with Gasteiger partial charge in [-0.15, -0.1) is 0 Å². The zero-order chi connectivity index (χ0) is 26.0. The first-order valence-electron chi connectivity index (χ1n) is 12.7. The molecule has 0 atom stereocenters. The fourth-order valence-electron chi connectivity index (χ4n) is 3.15. The van der Waals surface area contributed by atoms with Crippen LogP contribution >= 0.6 is 0 Å². The van der Waals surface area contributed by atoms with Crippen molar-refractivity contribution in [3.05, 3.63) is 53.9 Å². The molecule has 0 fully saturated rings. The molecule has 0 N–H and O–H groups in total. The molecule has 0 aliphatic heterocycles. The molecule has 3 aromatic rings. The molecule has 6 heteroatoms. The second-order valence-corrected chi connectivity index (χ2v) is 7.99. The monoisotopic (exact) mass is 460 g/mol. The molecule has 0 bridgehead atoms. The summed E-state index contributed by atoms with van der Waals surface area (Å²) in [5.74, 6) is 1.75. The molecule has 0 saturated heterocycles. The third-order valence-corrected chi connectivity index (χ3v) is 4.73. The molecule has 0 aliphatic carbocycles. The van der Waals surface area contributed by atoms with Gasteiger partial charge in [0.25, 0.3) is 0 Å². The fraction of sp³-hybridized carbons (Fsp3) is 0.667. The highest BCUT2D eigenvalue weighted by Crippen LogP contribution is 2.13. The molecule has 3 heterocycles. The zero-order valence-electron chi connectivity index (χ0n) is 23.8. The summed E-state index contributed by atoms with van der Waals surface area (Å²) in [5.41, 5.74) is 3.93. The van der Waals surface area contributed by atoms with Crippen molar-refractivity contribution in [2.75, 3.05) is 0 Å². The SMILES string of the molecule is CC.CC.CC(C)c1ccnn1C.CCn1nccc1C(C)C.CCn1nccc1C(C)C. The fourth-order valence-corrected chi connectivity index (χ4v) is 3.15. The van der Waals surface area contributed by atoms with Gasteiger partial charge in [0.1, 0.15) is 0 Å². The van der Waals surface area contributed by atoms with Crippen molar-refractivity contribution >= 4 is 0 Å². The molecule has 3 rings (SSSR count). The first-order valence-corrected chi connectivity index (χ1v) is 12.7.